The number of hydrazone groups is 1. The van der Waals surface area contributed by atoms with Gasteiger partial charge in [-0.05, 0) is 10.3 Å². The number of rotatable bonds is 1. The molecule has 0 aliphatic carbocycles. The predicted molar refractivity (Wildman–Crippen MR) is 49.8 cm³/mol. The van der Waals surface area contributed by atoms with Crippen molar-refractivity contribution < 1.29 is 9.66 Å². The summed E-state index contributed by atoms with van der Waals surface area (Å²) in [4.78, 5) is 10.2. The van der Waals surface area contributed by atoms with Gasteiger partial charge >= 0.3 is 0 Å². The van der Waals surface area contributed by atoms with Crippen LogP contribution in [0.5, 0.6) is 0 Å². The third kappa shape index (κ3) is 1.25. The Kier molecular flexibility index (Phi) is 1.60. The molecule has 1 aromatic heterocycles. The van der Waals surface area contributed by atoms with Crippen LogP contribution in [0.2, 0.25) is 0 Å². The lowest BCUT2D eigenvalue weighted by molar-refractivity contribution is -0.485. The zero-order valence-electron chi connectivity index (χ0n) is 7.67. The highest BCUT2D eigenvalue weighted by atomic mass is 16.7. The van der Waals surface area contributed by atoms with E-state index in [9.17, 15) is 10.1 Å². The Bertz CT molecular complexity index is 437. The van der Waals surface area contributed by atoms with E-state index in [1.165, 1.54) is 0 Å². The van der Waals surface area contributed by atoms with Crippen LogP contribution in [0.25, 0.3) is 0 Å². The molecule has 1 aromatic rings. The van der Waals surface area contributed by atoms with Gasteiger partial charge in [-0.1, -0.05) is 0 Å². The van der Waals surface area contributed by atoms with Gasteiger partial charge in [0.1, 0.15) is 17.4 Å². The Balaban J connectivity index is 1.81. The van der Waals surface area contributed by atoms with E-state index in [0.29, 0.717) is 11.6 Å². The van der Waals surface area contributed by atoms with Gasteiger partial charge in [0.2, 0.25) is 11.6 Å². The first kappa shape index (κ1) is 8.70. The van der Waals surface area contributed by atoms with Gasteiger partial charge < -0.3 is 21.3 Å². The summed E-state index contributed by atoms with van der Waals surface area (Å²) in [5.41, 5.74) is 0. The van der Waals surface area contributed by atoms with E-state index in [2.05, 4.69) is 41.3 Å². The second-order valence-electron chi connectivity index (χ2n) is 3.18. The summed E-state index contributed by atoms with van der Waals surface area (Å²) >= 11 is 0. The van der Waals surface area contributed by atoms with Crippen LogP contribution in [-0.4, -0.2) is 33.6 Å². The number of anilines is 2. The molecule has 0 saturated carbocycles. The fourth-order valence-corrected chi connectivity index (χ4v) is 1.55. The van der Waals surface area contributed by atoms with E-state index >= 15 is 0 Å². The minimum atomic E-state index is -0.786. The van der Waals surface area contributed by atoms with Crippen LogP contribution in [0.4, 0.5) is 11.6 Å². The highest BCUT2D eigenvalue weighted by molar-refractivity contribution is 5.84. The summed E-state index contributed by atoms with van der Waals surface area (Å²) in [6, 6.07) is 0. The van der Waals surface area contributed by atoms with E-state index in [1.807, 2.05) is 0 Å². The zero-order valence-corrected chi connectivity index (χ0v) is 7.67. The Hall–Kier alpha value is -2.59. The predicted octanol–water partition coefficient (Wildman–Crippen LogP) is -1.70. The molecule has 4 N–H and O–H groups in total. The van der Waals surface area contributed by atoms with Crippen LogP contribution in [0, 0.1) is 10.1 Å². The molecule has 11 heteroatoms. The first-order chi connectivity index (χ1) is 7.72. The standard InChI is InChI=1S/C5H6N8O3/c14-13(15)10-5-8-1-2(9-5)7-4-3(6-1)11-16-12-4/h1-2H,(H,6,11)(H,7,12)(H2,8,9,10)/t1-,2-/m0/s1. The maximum atomic E-state index is 10.2. The molecule has 3 heterocycles. The molecule has 3 rings (SSSR count). The third-order valence-electron chi connectivity index (χ3n) is 2.17. The Morgan fingerprint density at radius 3 is 2.25 bits per heavy atom. The van der Waals surface area contributed by atoms with Gasteiger partial charge in [-0.3, -0.25) is 0 Å². The first-order valence-electron chi connectivity index (χ1n) is 4.34. The Labute approximate surface area is 87.4 Å². The van der Waals surface area contributed by atoms with Crippen molar-refractivity contribution in [2.24, 2.45) is 5.10 Å². The smallest absolute Gasteiger partial charge is 0.272 e. The van der Waals surface area contributed by atoms with Gasteiger partial charge in [-0.25, -0.2) is 14.7 Å². The summed E-state index contributed by atoms with van der Waals surface area (Å²) in [6.07, 6.45) is -0.615. The van der Waals surface area contributed by atoms with Crippen molar-refractivity contribution in [3.8, 4) is 0 Å². The van der Waals surface area contributed by atoms with Crippen LogP contribution in [0.3, 0.4) is 0 Å². The molecule has 0 amide bonds. The molecule has 0 spiro atoms. The van der Waals surface area contributed by atoms with Crippen LogP contribution in [-0.2, 0) is 0 Å². The van der Waals surface area contributed by atoms with Crippen LogP contribution >= 0.6 is 0 Å². The molecular weight excluding hydrogens is 220 g/mol. The summed E-state index contributed by atoms with van der Waals surface area (Å²) in [6.45, 7) is 0. The summed E-state index contributed by atoms with van der Waals surface area (Å²) in [5, 5.41) is 31.1. The maximum Gasteiger partial charge on any atom is 0.272 e. The molecule has 0 bridgehead atoms. The SMILES string of the molecule is O=[N+]([O-])N=C1N[C@@H]2Nc3nonc3N[C@H]2N1. The number of hydrogen-bond donors (Lipinski definition) is 4. The lowest BCUT2D eigenvalue weighted by Crippen LogP contribution is -2.48. The first-order valence-corrected chi connectivity index (χ1v) is 4.34. The highest BCUT2D eigenvalue weighted by Gasteiger charge is 2.38. The summed E-state index contributed by atoms with van der Waals surface area (Å²) in [5.74, 6) is 0.956. The molecule has 2 atom stereocenters. The molecule has 2 aliphatic rings. The van der Waals surface area contributed by atoms with Crippen LogP contribution in [0.15, 0.2) is 9.73 Å². The number of nitro groups is 1. The summed E-state index contributed by atoms with van der Waals surface area (Å²) in [7, 11) is 0. The van der Waals surface area contributed by atoms with Crippen LogP contribution < -0.4 is 21.3 Å². The minimum absolute atomic E-state index is 0.0714. The molecule has 2 aliphatic heterocycles. The number of nitrogens with one attached hydrogen (secondary N) is 4. The van der Waals surface area contributed by atoms with Crippen LogP contribution in [0.1, 0.15) is 0 Å². The van der Waals surface area contributed by atoms with E-state index < -0.39 is 5.03 Å². The van der Waals surface area contributed by atoms with Gasteiger partial charge in [0.25, 0.3) is 5.96 Å². The minimum Gasteiger partial charge on any atom is -0.341 e. The normalized spacial score (nSPS) is 25.4. The molecule has 0 radical (unpaired) electrons. The fourth-order valence-electron chi connectivity index (χ4n) is 1.55. The molecule has 1 saturated heterocycles. The van der Waals surface area contributed by atoms with Crippen molar-refractivity contribution in [3.63, 3.8) is 0 Å². The molecule has 11 nitrogen and oxygen atoms in total. The Morgan fingerprint density at radius 1 is 1.19 bits per heavy atom. The van der Waals surface area contributed by atoms with Crippen molar-refractivity contribution >= 4 is 17.6 Å². The molecular formula is C5H6N8O3. The molecule has 16 heavy (non-hydrogen) atoms. The number of nitrogens with zero attached hydrogens (tertiary/aromatic N) is 4. The van der Waals surface area contributed by atoms with Gasteiger partial charge in [0.05, 0.1) is 0 Å². The zero-order chi connectivity index (χ0) is 11.1. The molecule has 1 fully saturated rings. The topological polar surface area (TPSA) is 143 Å². The van der Waals surface area contributed by atoms with Crippen molar-refractivity contribution in [2.45, 2.75) is 12.3 Å². The van der Waals surface area contributed by atoms with Gasteiger partial charge in [0, 0.05) is 0 Å². The van der Waals surface area contributed by atoms with Crippen molar-refractivity contribution in [1.29, 1.82) is 0 Å². The second kappa shape index (κ2) is 2.95. The second-order valence-corrected chi connectivity index (χ2v) is 3.18. The largest absolute Gasteiger partial charge is 0.341 e. The number of aromatic nitrogens is 2. The highest BCUT2D eigenvalue weighted by Crippen LogP contribution is 2.23. The van der Waals surface area contributed by atoms with E-state index in [4.69, 9.17) is 0 Å². The number of fused-ring (bicyclic) bond motifs is 2. The average molecular weight is 226 g/mol. The van der Waals surface area contributed by atoms with Gasteiger partial charge in [-0.2, -0.15) is 0 Å². The lowest BCUT2D eigenvalue weighted by atomic mass is 10.3. The number of guanidine groups is 1. The van der Waals surface area contributed by atoms with Crippen molar-refractivity contribution in [2.75, 3.05) is 10.6 Å². The monoisotopic (exact) mass is 226 g/mol. The third-order valence-corrected chi connectivity index (χ3v) is 2.17. The number of hydrogen-bond acceptors (Lipinski definition) is 7. The molecule has 0 unspecified atom stereocenters. The fraction of sp³-hybridized carbons (Fsp3) is 0.400. The van der Waals surface area contributed by atoms with E-state index in [-0.39, 0.29) is 18.3 Å². The van der Waals surface area contributed by atoms with Crippen molar-refractivity contribution in [1.82, 2.24) is 20.9 Å². The van der Waals surface area contributed by atoms with Crippen molar-refractivity contribution in [3.05, 3.63) is 10.1 Å². The van der Waals surface area contributed by atoms with Gasteiger partial charge in [-0.15, -0.1) is 0 Å². The Morgan fingerprint density at radius 2 is 1.75 bits per heavy atom. The quantitative estimate of drug-likeness (QED) is 0.325. The maximum absolute atomic E-state index is 10.2. The van der Waals surface area contributed by atoms with E-state index in [0.717, 1.165) is 0 Å². The lowest BCUT2D eigenvalue weighted by Gasteiger charge is -2.24. The summed E-state index contributed by atoms with van der Waals surface area (Å²) < 4.78 is 4.51. The average Bonchev–Trinajstić information content (AvgIpc) is 2.76. The molecule has 84 valence electrons. The molecule has 0 aromatic carbocycles. The van der Waals surface area contributed by atoms with Gasteiger partial charge in [0.15, 0.2) is 5.03 Å². The van der Waals surface area contributed by atoms with E-state index in [1.54, 1.807) is 0 Å².